The molecule has 88 valence electrons. The van der Waals surface area contributed by atoms with Gasteiger partial charge in [-0.3, -0.25) is 4.98 Å². The fourth-order valence-electron chi connectivity index (χ4n) is 1.42. The van der Waals surface area contributed by atoms with Gasteiger partial charge in [-0.05, 0) is 17.7 Å². The maximum absolute atomic E-state index is 12.6. The second-order valence-electron chi connectivity index (χ2n) is 3.46. The van der Waals surface area contributed by atoms with Gasteiger partial charge in [0.2, 0.25) is 0 Å². The fraction of sp³-hybridized carbons (Fsp3) is 0.154. The van der Waals surface area contributed by atoms with Gasteiger partial charge in [-0.25, -0.2) is 8.78 Å². The van der Waals surface area contributed by atoms with E-state index in [0.717, 1.165) is 5.56 Å². The van der Waals surface area contributed by atoms with Gasteiger partial charge in [0.15, 0.2) is 0 Å². The van der Waals surface area contributed by atoms with Gasteiger partial charge in [0.1, 0.15) is 18.1 Å². The zero-order valence-electron chi connectivity index (χ0n) is 9.01. The molecule has 0 amide bonds. The smallest absolute Gasteiger partial charge is 0.284 e. The molecule has 0 bridgehead atoms. The monoisotopic (exact) mass is 235 g/mol. The van der Waals surface area contributed by atoms with Crippen LogP contribution < -0.4 is 4.74 Å². The fourth-order valence-corrected chi connectivity index (χ4v) is 1.42. The van der Waals surface area contributed by atoms with E-state index in [-0.39, 0.29) is 18.1 Å². The Morgan fingerprint density at radius 2 is 1.82 bits per heavy atom. The molecular formula is C13H11F2NO. The first-order chi connectivity index (χ1) is 8.27. The van der Waals surface area contributed by atoms with Gasteiger partial charge in [-0.15, -0.1) is 0 Å². The maximum atomic E-state index is 12.6. The second kappa shape index (κ2) is 5.39. The molecule has 0 radical (unpaired) electrons. The van der Waals surface area contributed by atoms with Gasteiger partial charge in [0.05, 0.1) is 0 Å². The van der Waals surface area contributed by atoms with E-state index in [4.69, 9.17) is 4.74 Å². The van der Waals surface area contributed by atoms with E-state index in [9.17, 15) is 8.78 Å². The van der Waals surface area contributed by atoms with Crippen LogP contribution in [0.25, 0.3) is 0 Å². The lowest BCUT2D eigenvalue weighted by Crippen LogP contribution is -2.00. The van der Waals surface area contributed by atoms with Gasteiger partial charge in [-0.1, -0.05) is 30.3 Å². The lowest BCUT2D eigenvalue weighted by atomic mass is 10.2. The Kier molecular flexibility index (Phi) is 3.65. The molecule has 0 fully saturated rings. The molecule has 4 heteroatoms. The molecule has 0 N–H and O–H groups in total. The Bertz CT molecular complexity index is 474. The average Bonchev–Trinajstić information content (AvgIpc) is 2.38. The van der Waals surface area contributed by atoms with Crippen molar-refractivity contribution in [1.82, 2.24) is 4.98 Å². The summed E-state index contributed by atoms with van der Waals surface area (Å²) in [6.07, 6.45) is -1.29. The summed E-state index contributed by atoms with van der Waals surface area (Å²) < 4.78 is 30.6. The minimum atomic E-state index is -2.62. The highest BCUT2D eigenvalue weighted by molar-refractivity contribution is 5.28. The number of nitrogens with zero attached hydrogens (tertiary/aromatic N) is 1. The highest BCUT2D eigenvalue weighted by atomic mass is 19.3. The summed E-state index contributed by atoms with van der Waals surface area (Å²) in [5.41, 5.74) is 0.611. The highest BCUT2D eigenvalue weighted by Crippen LogP contribution is 2.26. The standard InChI is InChI=1S/C13H11F2NO/c14-13(15)12-11(7-4-8-16-12)17-9-10-5-2-1-3-6-10/h1-8,13H,9H2. The summed E-state index contributed by atoms with van der Waals surface area (Å²) in [5, 5.41) is 0. The number of ether oxygens (including phenoxy) is 1. The lowest BCUT2D eigenvalue weighted by molar-refractivity contribution is 0.138. The van der Waals surface area contributed by atoms with Crippen molar-refractivity contribution in [2.24, 2.45) is 0 Å². The van der Waals surface area contributed by atoms with E-state index in [2.05, 4.69) is 4.98 Å². The number of pyridine rings is 1. The van der Waals surface area contributed by atoms with Crippen molar-refractivity contribution < 1.29 is 13.5 Å². The summed E-state index contributed by atoms with van der Waals surface area (Å²) in [4.78, 5) is 3.62. The van der Waals surface area contributed by atoms with Crippen LogP contribution in [0, 0.1) is 0 Å². The number of hydrogen-bond acceptors (Lipinski definition) is 2. The third-order valence-electron chi connectivity index (χ3n) is 2.24. The quantitative estimate of drug-likeness (QED) is 0.807. The van der Waals surface area contributed by atoms with Gasteiger partial charge in [0.25, 0.3) is 6.43 Å². The number of halogens is 2. The predicted octanol–water partition coefficient (Wildman–Crippen LogP) is 3.60. The first-order valence-electron chi connectivity index (χ1n) is 5.17. The third kappa shape index (κ3) is 3.00. The summed E-state index contributed by atoms with van der Waals surface area (Å²) in [7, 11) is 0. The molecule has 2 aromatic rings. The van der Waals surface area contributed by atoms with Gasteiger partial charge in [-0.2, -0.15) is 0 Å². The number of aromatic nitrogens is 1. The largest absolute Gasteiger partial charge is 0.487 e. The summed E-state index contributed by atoms with van der Waals surface area (Å²) in [5.74, 6) is 0.131. The van der Waals surface area contributed by atoms with E-state index in [0.29, 0.717) is 0 Å². The number of hydrogen-bond donors (Lipinski definition) is 0. The summed E-state index contributed by atoms with van der Waals surface area (Å²) >= 11 is 0. The third-order valence-corrected chi connectivity index (χ3v) is 2.24. The Morgan fingerprint density at radius 1 is 1.06 bits per heavy atom. The Morgan fingerprint density at radius 3 is 2.53 bits per heavy atom. The minimum absolute atomic E-state index is 0.131. The van der Waals surface area contributed by atoms with Crippen molar-refractivity contribution in [3.8, 4) is 5.75 Å². The molecule has 0 unspecified atom stereocenters. The lowest BCUT2D eigenvalue weighted by Gasteiger charge is -2.09. The molecule has 0 spiro atoms. The number of benzene rings is 1. The van der Waals surface area contributed by atoms with Crippen molar-refractivity contribution in [3.05, 3.63) is 59.9 Å². The molecule has 0 saturated carbocycles. The minimum Gasteiger partial charge on any atom is -0.487 e. The molecule has 2 rings (SSSR count). The molecular weight excluding hydrogens is 224 g/mol. The van der Waals surface area contributed by atoms with E-state index < -0.39 is 6.43 Å². The van der Waals surface area contributed by atoms with Crippen LogP contribution >= 0.6 is 0 Å². The van der Waals surface area contributed by atoms with E-state index in [1.807, 2.05) is 30.3 Å². The molecule has 17 heavy (non-hydrogen) atoms. The SMILES string of the molecule is FC(F)c1ncccc1OCc1ccccc1. The molecule has 2 nitrogen and oxygen atoms in total. The molecule has 1 aromatic carbocycles. The first kappa shape index (κ1) is 11.5. The summed E-state index contributed by atoms with van der Waals surface area (Å²) in [6.45, 7) is 0.256. The van der Waals surface area contributed by atoms with Crippen LogP contribution in [0.15, 0.2) is 48.7 Å². The number of alkyl halides is 2. The van der Waals surface area contributed by atoms with E-state index in [1.54, 1.807) is 6.07 Å². The zero-order chi connectivity index (χ0) is 12.1. The molecule has 0 aliphatic carbocycles. The summed E-state index contributed by atoms with van der Waals surface area (Å²) in [6, 6.07) is 12.4. The predicted molar refractivity (Wildman–Crippen MR) is 60.0 cm³/mol. The number of rotatable bonds is 4. The Hall–Kier alpha value is -1.97. The van der Waals surface area contributed by atoms with Gasteiger partial charge < -0.3 is 4.74 Å². The van der Waals surface area contributed by atoms with Gasteiger partial charge >= 0.3 is 0 Å². The van der Waals surface area contributed by atoms with Crippen LogP contribution in [0.4, 0.5) is 8.78 Å². The van der Waals surface area contributed by atoms with E-state index >= 15 is 0 Å². The average molecular weight is 235 g/mol. The maximum Gasteiger partial charge on any atom is 0.284 e. The molecule has 0 saturated heterocycles. The van der Waals surface area contributed by atoms with Crippen LogP contribution in [0.5, 0.6) is 5.75 Å². The van der Waals surface area contributed by atoms with Crippen LogP contribution in [0.1, 0.15) is 17.7 Å². The molecule has 1 aromatic heterocycles. The van der Waals surface area contributed by atoms with Crippen molar-refractivity contribution in [3.63, 3.8) is 0 Å². The van der Waals surface area contributed by atoms with Crippen LogP contribution in [0.3, 0.4) is 0 Å². The van der Waals surface area contributed by atoms with Crippen LogP contribution in [-0.2, 0) is 6.61 Å². The molecule has 0 aliphatic rings. The van der Waals surface area contributed by atoms with E-state index in [1.165, 1.54) is 12.3 Å². The topological polar surface area (TPSA) is 22.1 Å². The van der Waals surface area contributed by atoms with Crippen molar-refractivity contribution >= 4 is 0 Å². The van der Waals surface area contributed by atoms with Gasteiger partial charge in [0, 0.05) is 6.20 Å². The zero-order valence-corrected chi connectivity index (χ0v) is 9.01. The van der Waals surface area contributed by atoms with Crippen molar-refractivity contribution in [1.29, 1.82) is 0 Å². The normalized spacial score (nSPS) is 10.5. The second-order valence-corrected chi connectivity index (χ2v) is 3.46. The highest BCUT2D eigenvalue weighted by Gasteiger charge is 2.14. The Labute approximate surface area is 97.9 Å². The van der Waals surface area contributed by atoms with Crippen LogP contribution in [0.2, 0.25) is 0 Å². The first-order valence-corrected chi connectivity index (χ1v) is 5.17. The van der Waals surface area contributed by atoms with Crippen molar-refractivity contribution in [2.45, 2.75) is 13.0 Å². The molecule has 0 aliphatic heterocycles. The molecule has 0 atom stereocenters. The Balaban J connectivity index is 2.09. The van der Waals surface area contributed by atoms with Crippen molar-refractivity contribution in [2.75, 3.05) is 0 Å². The molecule has 1 heterocycles. The van der Waals surface area contributed by atoms with Crippen LogP contribution in [-0.4, -0.2) is 4.98 Å².